The van der Waals surface area contributed by atoms with E-state index < -0.39 is 41.8 Å². The van der Waals surface area contributed by atoms with Crippen LogP contribution in [0.2, 0.25) is 0 Å². The number of hydrogen-bond donors (Lipinski definition) is 5. The minimum absolute atomic E-state index is 0. The van der Waals surface area contributed by atoms with Gasteiger partial charge in [0.1, 0.15) is 28.5 Å². The first-order chi connectivity index (χ1) is 30.1. The van der Waals surface area contributed by atoms with Crippen molar-refractivity contribution in [3.8, 4) is 0 Å². The Morgan fingerprint density at radius 2 is 0.439 bits per heavy atom. The van der Waals surface area contributed by atoms with E-state index in [1.165, 1.54) is 85.8 Å². The SMILES string of the molecule is O=C(O)c1ccccn1.O=C(O)c1ccccn1.O=C(O)c1ccccn1.O=C(O)c1ccccn1.O=C(O)c1ccccn1.O=C([O-])c1ccccn1.O=C([O-])c1ccccn1.[Ca+2].[Cr].[Fe]. The summed E-state index contributed by atoms with van der Waals surface area (Å²) in [5, 5.41) is 61.7. The van der Waals surface area contributed by atoms with Gasteiger partial charge >= 0.3 is 67.6 Å². The fourth-order valence-corrected chi connectivity index (χ4v) is 3.41. The van der Waals surface area contributed by atoms with Gasteiger partial charge in [0.2, 0.25) is 0 Å². The molecule has 0 bridgehead atoms. The second-order valence-corrected chi connectivity index (χ2v) is 10.6. The number of nitrogens with zero attached hydrogens (tertiary/aromatic N) is 7. The van der Waals surface area contributed by atoms with Gasteiger partial charge < -0.3 is 45.3 Å². The van der Waals surface area contributed by atoms with E-state index in [-0.39, 0.29) is 112 Å². The molecule has 0 fully saturated rings. The maximum absolute atomic E-state index is 10.1. The first kappa shape index (κ1) is 62.9. The standard InChI is InChI=1S/7C6H5NO2.Ca.Cr.Fe/c7*8-6(9)5-3-1-2-4-7-5;;;/h7*1-4H,(H,8,9);;;/q;;;;;;;+2;;/p-2. The van der Waals surface area contributed by atoms with E-state index in [9.17, 15) is 43.8 Å². The largest absolute Gasteiger partial charge is 2.00 e. The van der Waals surface area contributed by atoms with Gasteiger partial charge in [-0.05, 0) is 84.9 Å². The molecule has 0 aliphatic carbocycles. The van der Waals surface area contributed by atoms with Crippen molar-refractivity contribution in [1.82, 2.24) is 34.9 Å². The Hall–Kier alpha value is -7.35. The monoisotopic (exact) mass is 1010 g/mol. The fraction of sp³-hybridized carbons (Fsp3) is 0. The summed E-state index contributed by atoms with van der Waals surface area (Å²) in [5.74, 6) is -7.43. The number of aromatic carboxylic acids is 7. The average Bonchev–Trinajstić information content (AvgIpc) is 3.32. The van der Waals surface area contributed by atoms with Crippen LogP contribution < -0.4 is 10.2 Å². The van der Waals surface area contributed by atoms with Crippen molar-refractivity contribution >= 4 is 79.5 Å². The van der Waals surface area contributed by atoms with Crippen LogP contribution in [-0.2, 0) is 34.4 Å². The molecule has 336 valence electrons. The molecule has 7 aromatic heterocycles. The van der Waals surface area contributed by atoms with Gasteiger partial charge in [0.25, 0.3) is 0 Å². The maximum Gasteiger partial charge on any atom is 2.00 e. The summed E-state index contributed by atoms with van der Waals surface area (Å²) in [6.07, 6.45) is 10.1. The van der Waals surface area contributed by atoms with E-state index in [2.05, 4.69) is 34.9 Å². The van der Waals surface area contributed by atoms with Gasteiger partial charge in [0.15, 0.2) is 0 Å². The maximum atomic E-state index is 10.1. The number of carboxylic acid groups (broad SMARTS) is 7. The molecule has 0 spiro atoms. The molecule has 0 saturated carbocycles. The van der Waals surface area contributed by atoms with Crippen molar-refractivity contribution < 1.29 is 104 Å². The van der Waals surface area contributed by atoms with Crippen LogP contribution in [-0.4, -0.2) is 140 Å². The molecule has 0 aromatic carbocycles. The minimum atomic E-state index is -1.24. The molecule has 5 N–H and O–H groups in total. The average molecular weight is 1010 g/mol. The molecule has 0 amide bonds. The van der Waals surface area contributed by atoms with E-state index in [1.54, 1.807) is 84.9 Å². The first-order valence-electron chi connectivity index (χ1n) is 17.1. The topological polar surface area (TPSA) is 357 Å². The molecular formula is C42H33CaCrFeN7O14. The zero-order chi connectivity index (χ0) is 46.8. The summed E-state index contributed by atoms with van der Waals surface area (Å²) in [5.41, 5.74) is 0.345. The number of carboxylic acids is 7. The van der Waals surface area contributed by atoms with E-state index in [1.807, 2.05) is 0 Å². The molecule has 7 heterocycles. The second kappa shape index (κ2) is 38.1. The van der Waals surface area contributed by atoms with Crippen LogP contribution in [0.1, 0.15) is 73.4 Å². The van der Waals surface area contributed by atoms with Crippen LogP contribution >= 0.6 is 0 Å². The number of aromatic nitrogens is 7. The summed E-state index contributed by atoms with van der Waals surface area (Å²) < 4.78 is 0. The summed E-state index contributed by atoms with van der Waals surface area (Å²) in [4.78, 5) is 95.7. The number of pyridine rings is 7. The van der Waals surface area contributed by atoms with E-state index in [0.29, 0.717) is 0 Å². The van der Waals surface area contributed by atoms with Crippen molar-refractivity contribution in [3.63, 3.8) is 0 Å². The van der Waals surface area contributed by atoms with E-state index in [0.717, 1.165) is 0 Å². The Balaban J connectivity index is -0.000000696. The molecule has 66 heavy (non-hydrogen) atoms. The van der Waals surface area contributed by atoms with Gasteiger partial charge in [-0.2, -0.15) is 0 Å². The summed E-state index contributed by atoms with van der Waals surface area (Å²) >= 11 is 0. The molecule has 7 aromatic rings. The summed E-state index contributed by atoms with van der Waals surface area (Å²) in [7, 11) is 0. The van der Waals surface area contributed by atoms with Gasteiger partial charge in [-0.25, -0.2) is 48.9 Å². The van der Waals surface area contributed by atoms with Gasteiger partial charge in [-0.3, -0.25) is 9.97 Å². The van der Waals surface area contributed by atoms with Crippen molar-refractivity contribution in [2.24, 2.45) is 0 Å². The third kappa shape index (κ3) is 29.9. The predicted octanol–water partition coefficient (Wildman–Crippen LogP) is 2.40. The molecular weight excluding hydrogens is 974 g/mol. The zero-order valence-electron chi connectivity index (χ0n) is 33.7. The predicted molar refractivity (Wildman–Crippen MR) is 219 cm³/mol. The Bertz CT molecular complexity index is 1960. The summed E-state index contributed by atoms with van der Waals surface area (Å²) in [6.45, 7) is 0. The third-order valence-corrected chi connectivity index (χ3v) is 6.17. The van der Waals surface area contributed by atoms with Crippen LogP contribution in [0.5, 0.6) is 0 Å². The molecule has 0 saturated heterocycles. The third-order valence-electron chi connectivity index (χ3n) is 6.17. The molecule has 0 atom stereocenters. The Labute approximate surface area is 425 Å². The quantitative estimate of drug-likeness (QED) is 0.143. The smallest absolute Gasteiger partial charge is 0.543 e. The van der Waals surface area contributed by atoms with Crippen LogP contribution in [0.15, 0.2) is 171 Å². The van der Waals surface area contributed by atoms with Gasteiger partial charge in [0, 0.05) is 77.8 Å². The Kier molecular flexibility index (Phi) is 36.4. The van der Waals surface area contributed by atoms with Crippen LogP contribution in [0.3, 0.4) is 0 Å². The van der Waals surface area contributed by atoms with Gasteiger partial charge in [0.05, 0.1) is 23.3 Å². The fourth-order valence-electron chi connectivity index (χ4n) is 3.41. The molecule has 21 nitrogen and oxygen atoms in total. The zero-order valence-corrected chi connectivity index (χ0v) is 38.3. The van der Waals surface area contributed by atoms with Crippen molar-refractivity contribution in [2.75, 3.05) is 0 Å². The molecule has 0 radical (unpaired) electrons. The van der Waals surface area contributed by atoms with Gasteiger partial charge in [-0.15, -0.1) is 0 Å². The molecule has 0 aliphatic rings. The van der Waals surface area contributed by atoms with Crippen molar-refractivity contribution in [3.05, 3.63) is 211 Å². The number of carbonyl (C=O) groups excluding carboxylic acids is 2. The van der Waals surface area contributed by atoms with E-state index >= 15 is 0 Å². The Morgan fingerprint density at radius 3 is 0.500 bits per heavy atom. The van der Waals surface area contributed by atoms with Crippen LogP contribution in [0.25, 0.3) is 0 Å². The normalized spacial score (nSPS) is 8.48. The van der Waals surface area contributed by atoms with Gasteiger partial charge in [-0.1, -0.05) is 42.5 Å². The molecule has 7 rings (SSSR count). The van der Waals surface area contributed by atoms with Crippen molar-refractivity contribution in [1.29, 1.82) is 0 Å². The number of rotatable bonds is 7. The molecule has 0 unspecified atom stereocenters. The molecule has 24 heteroatoms. The van der Waals surface area contributed by atoms with Crippen LogP contribution in [0, 0.1) is 0 Å². The number of hydrogen-bond acceptors (Lipinski definition) is 16. The number of carbonyl (C=O) groups is 7. The molecule has 0 aliphatic heterocycles. The first-order valence-corrected chi connectivity index (χ1v) is 17.1. The van der Waals surface area contributed by atoms with Crippen LogP contribution in [0.4, 0.5) is 0 Å². The second-order valence-electron chi connectivity index (χ2n) is 10.6. The minimum Gasteiger partial charge on any atom is -0.543 e. The van der Waals surface area contributed by atoms with E-state index in [4.69, 9.17) is 25.5 Å². The summed E-state index contributed by atoms with van der Waals surface area (Å²) in [6, 6.07) is 33.0. The Morgan fingerprint density at radius 1 is 0.303 bits per heavy atom. The van der Waals surface area contributed by atoms with Crippen molar-refractivity contribution in [2.45, 2.75) is 0 Å².